The van der Waals surface area contributed by atoms with Crippen LogP contribution in [0.25, 0.3) is 0 Å². The first-order valence-electron chi connectivity index (χ1n) is 7.44. The van der Waals surface area contributed by atoms with Crippen molar-refractivity contribution in [3.05, 3.63) is 23.7 Å². The van der Waals surface area contributed by atoms with Crippen molar-refractivity contribution >= 4 is 5.91 Å². The van der Waals surface area contributed by atoms with Gasteiger partial charge in [0.05, 0.1) is 6.54 Å². The number of nitrogens with two attached hydrogens (primary N) is 1. The van der Waals surface area contributed by atoms with Crippen LogP contribution in [0.2, 0.25) is 0 Å². The molecule has 0 saturated heterocycles. The fraction of sp³-hybridized carbons (Fsp3) is 0.667. The van der Waals surface area contributed by atoms with Gasteiger partial charge < -0.3 is 4.42 Å². The van der Waals surface area contributed by atoms with E-state index < -0.39 is 0 Å². The molecule has 0 aromatic carbocycles. The van der Waals surface area contributed by atoms with E-state index in [1.807, 2.05) is 6.07 Å². The molecule has 1 aromatic rings. The molecule has 3 N–H and O–H groups in total. The third kappa shape index (κ3) is 3.84. The highest BCUT2D eigenvalue weighted by molar-refractivity contribution is 5.90. The molecule has 1 saturated carbocycles. The molecule has 1 aromatic heterocycles. The lowest BCUT2D eigenvalue weighted by Crippen LogP contribution is -2.35. The summed E-state index contributed by atoms with van der Waals surface area (Å²) in [6.45, 7) is 6.29. The lowest BCUT2D eigenvalue weighted by molar-refractivity contribution is 0.0919. The van der Waals surface area contributed by atoms with Crippen molar-refractivity contribution < 1.29 is 9.21 Å². The minimum Gasteiger partial charge on any atom is -0.455 e. The van der Waals surface area contributed by atoms with Crippen molar-refractivity contribution in [3.63, 3.8) is 0 Å². The van der Waals surface area contributed by atoms with Gasteiger partial charge in [-0.1, -0.05) is 26.7 Å². The Morgan fingerprint density at radius 1 is 1.45 bits per heavy atom. The molecule has 20 heavy (non-hydrogen) atoms. The first kappa shape index (κ1) is 15.1. The predicted octanol–water partition coefficient (Wildman–Crippen LogP) is 2.28. The monoisotopic (exact) mass is 279 g/mol. The largest absolute Gasteiger partial charge is 0.455 e. The van der Waals surface area contributed by atoms with E-state index >= 15 is 0 Å². The van der Waals surface area contributed by atoms with Gasteiger partial charge in [0.1, 0.15) is 5.76 Å². The third-order valence-corrected chi connectivity index (χ3v) is 3.82. The minimum atomic E-state index is -0.382. The zero-order valence-corrected chi connectivity index (χ0v) is 12.4. The molecule has 0 spiro atoms. The van der Waals surface area contributed by atoms with Gasteiger partial charge in [0.15, 0.2) is 5.76 Å². The van der Waals surface area contributed by atoms with Gasteiger partial charge >= 0.3 is 5.91 Å². The topological polar surface area (TPSA) is 71.5 Å². The normalized spacial score (nSPS) is 16.2. The van der Waals surface area contributed by atoms with Gasteiger partial charge in [-0.15, -0.1) is 0 Å². The zero-order valence-electron chi connectivity index (χ0n) is 12.4. The van der Waals surface area contributed by atoms with Crippen molar-refractivity contribution in [2.75, 3.05) is 6.54 Å². The van der Waals surface area contributed by atoms with Crippen LogP contribution in [-0.4, -0.2) is 23.4 Å². The number of hydrazine groups is 1. The number of hydrogen-bond acceptors (Lipinski definition) is 4. The predicted molar refractivity (Wildman–Crippen MR) is 77.9 cm³/mol. The van der Waals surface area contributed by atoms with Gasteiger partial charge in [-0.3, -0.25) is 15.1 Å². The van der Waals surface area contributed by atoms with E-state index in [1.165, 1.54) is 25.7 Å². The van der Waals surface area contributed by atoms with Crippen LogP contribution in [0.4, 0.5) is 0 Å². The fourth-order valence-corrected chi connectivity index (χ4v) is 2.94. The molecular formula is C15H25N3O2. The molecule has 1 fully saturated rings. The average Bonchev–Trinajstić information content (AvgIpc) is 3.07. The van der Waals surface area contributed by atoms with Gasteiger partial charge in [0.2, 0.25) is 0 Å². The van der Waals surface area contributed by atoms with Crippen molar-refractivity contribution in [2.45, 2.75) is 52.1 Å². The maximum Gasteiger partial charge on any atom is 0.300 e. The summed E-state index contributed by atoms with van der Waals surface area (Å²) < 4.78 is 5.57. The quantitative estimate of drug-likeness (QED) is 0.476. The molecular weight excluding hydrogens is 254 g/mol. The van der Waals surface area contributed by atoms with Crippen LogP contribution in [0.3, 0.4) is 0 Å². The summed E-state index contributed by atoms with van der Waals surface area (Å²) in [6.07, 6.45) is 5.17. The summed E-state index contributed by atoms with van der Waals surface area (Å²) in [5.74, 6) is 6.46. The molecule has 1 aliphatic rings. The molecule has 1 aliphatic carbocycles. The second-order valence-electron chi connectivity index (χ2n) is 6.00. The van der Waals surface area contributed by atoms with Crippen molar-refractivity contribution in [2.24, 2.45) is 11.8 Å². The van der Waals surface area contributed by atoms with E-state index in [4.69, 9.17) is 10.3 Å². The highest BCUT2D eigenvalue weighted by atomic mass is 16.4. The number of carbonyl (C=O) groups excluding carboxylic acids is 1. The second kappa shape index (κ2) is 6.90. The van der Waals surface area contributed by atoms with Gasteiger partial charge in [-0.2, -0.15) is 0 Å². The first-order valence-corrected chi connectivity index (χ1v) is 7.44. The Kier molecular flexibility index (Phi) is 5.20. The summed E-state index contributed by atoms with van der Waals surface area (Å²) in [5.41, 5.74) is 2.09. The van der Waals surface area contributed by atoms with Crippen LogP contribution in [0, 0.1) is 5.92 Å². The summed E-state index contributed by atoms with van der Waals surface area (Å²) in [7, 11) is 0. The van der Waals surface area contributed by atoms with Gasteiger partial charge in [-0.05, 0) is 30.9 Å². The number of nitrogens with one attached hydrogen (secondary N) is 1. The Bertz CT molecular complexity index is 436. The molecule has 0 bridgehead atoms. The highest BCUT2D eigenvalue weighted by Gasteiger charge is 2.24. The van der Waals surface area contributed by atoms with Gasteiger partial charge in [0.25, 0.3) is 0 Å². The van der Waals surface area contributed by atoms with Crippen molar-refractivity contribution in [3.8, 4) is 0 Å². The molecule has 5 nitrogen and oxygen atoms in total. The highest BCUT2D eigenvalue weighted by Crippen LogP contribution is 2.26. The van der Waals surface area contributed by atoms with E-state index in [1.54, 1.807) is 6.07 Å². The van der Waals surface area contributed by atoms with Crippen LogP contribution in [-0.2, 0) is 6.54 Å². The first-order chi connectivity index (χ1) is 9.60. The van der Waals surface area contributed by atoms with Gasteiger partial charge in [0, 0.05) is 12.6 Å². The number of carbonyl (C=O) groups is 1. The van der Waals surface area contributed by atoms with Gasteiger partial charge in [-0.25, -0.2) is 5.84 Å². The summed E-state index contributed by atoms with van der Waals surface area (Å²) in [6, 6.07) is 4.20. The summed E-state index contributed by atoms with van der Waals surface area (Å²) in [4.78, 5) is 13.9. The van der Waals surface area contributed by atoms with Crippen LogP contribution in [0.5, 0.6) is 0 Å². The molecule has 0 radical (unpaired) electrons. The third-order valence-electron chi connectivity index (χ3n) is 3.82. The van der Waals surface area contributed by atoms with Crippen LogP contribution >= 0.6 is 0 Å². The van der Waals surface area contributed by atoms with Crippen LogP contribution in [0.1, 0.15) is 55.8 Å². The number of nitrogen functional groups attached to an aromatic ring is 1. The molecule has 1 amide bonds. The number of hydrogen-bond donors (Lipinski definition) is 2. The zero-order chi connectivity index (χ0) is 14.5. The number of furan rings is 1. The maximum absolute atomic E-state index is 11.4. The Morgan fingerprint density at radius 2 is 2.15 bits per heavy atom. The summed E-state index contributed by atoms with van der Waals surface area (Å²) in [5, 5.41) is 0. The van der Waals surface area contributed by atoms with Crippen LogP contribution < -0.4 is 11.3 Å². The summed E-state index contributed by atoms with van der Waals surface area (Å²) >= 11 is 0. The molecule has 2 rings (SSSR count). The molecule has 112 valence electrons. The number of amides is 1. The van der Waals surface area contributed by atoms with E-state index in [9.17, 15) is 4.79 Å². The van der Waals surface area contributed by atoms with E-state index in [0.29, 0.717) is 12.0 Å². The molecule has 0 unspecified atom stereocenters. The van der Waals surface area contributed by atoms with E-state index in [-0.39, 0.29) is 11.7 Å². The smallest absolute Gasteiger partial charge is 0.300 e. The Balaban J connectivity index is 2.02. The SMILES string of the molecule is CC(C)CN(Cc1ccc(C(=O)NN)o1)C1CCCC1. The van der Waals surface area contributed by atoms with Crippen LogP contribution in [0.15, 0.2) is 16.5 Å². The molecule has 5 heteroatoms. The average molecular weight is 279 g/mol. The van der Waals surface area contributed by atoms with Crippen molar-refractivity contribution in [1.82, 2.24) is 10.3 Å². The Labute approximate surface area is 120 Å². The maximum atomic E-state index is 11.4. The second-order valence-corrected chi connectivity index (χ2v) is 6.00. The fourth-order valence-electron chi connectivity index (χ4n) is 2.94. The molecule has 0 atom stereocenters. The van der Waals surface area contributed by atoms with E-state index in [0.717, 1.165) is 18.8 Å². The molecule has 1 heterocycles. The lowest BCUT2D eigenvalue weighted by Gasteiger charge is -2.29. The standard InChI is InChI=1S/C15H25N3O2/c1-11(2)9-18(12-5-3-4-6-12)10-13-7-8-14(20-13)15(19)17-16/h7-8,11-12H,3-6,9-10,16H2,1-2H3,(H,17,19). The Hall–Kier alpha value is -1.33. The Morgan fingerprint density at radius 3 is 2.75 bits per heavy atom. The van der Waals surface area contributed by atoms with Crippen molar-refractivity contribution in [1.29, 1.82) is 0 Å². The number of nitrogens with zero attached hydrogens (tertiary/aromatic N) is 1. The minimum absolute atomic E-state index is 0.276. The number of rotatable bonds is 6. The van der Waals surface area contributed by atoms with E-state index in [2.05, 4.69) is 24.2 Å². The molecule has 0 aliphatic heterocycles. The lowest BCUT2D eigenvalue weighted by atomic mass is 10.1.